The van der Waals surface area contributed by atoms with E-state index in [-0.39, 0.29) is 6.61 Å². The standard InChI is InChI=1S/C12H14O5/c1-2-3-9-15-12(14)17-16-11(13)10-7-5-4-6-8-10/h4-8H,2-3,9H2,1H3. The SMILES string of the molecule is CCCCOC(=O)OOC(=O)c1ccccc1. The normalized spacial score (nSPS) is 9.47. The molecule has 0 saturated carbocycles. The Labute approximate surface area is 99.2 Å². The third kappa shape index (κ3) is 5.01. The van der Waals surface area contributed by atoms with Crippen LogP contribution in [0, 0.1) is 0 Å². The summed E-state index contributed by atoms with van der Waals surface area (Å²) >= 11 is 0. The molecule has 0 saturated heterocycles. The van der Waals surface area contributed by atoms with Gasteiger partial charge in [-0.2, -0.15) is 4.79 Å². The number of benzene rings is 1. The molecule has 0 fully saturated rings. The zero-order valence-corrected chi connectivity index (χ0v) is 9.55. The first-order valence-electron chi connectivity index (χ1n) is 5.34. The first-order valence-corrected chi connectivity index (χ1v) is 5.34. The van der Waals surface area contributed by atoms with Gasteiger partial charge in [-0.25, -0.2) is 14.6 Å². The van der Waals surface area contributed by atoms with Gasteiger partial charge in [0.1, 0.15) is 0 Å². The average molecular weight is 238 g/mol. The summed E-state index contributed by atoms with van der Waals surface area (Å²) in [5.41, 5.74) is 0.300. The summed E-state index contributed by atoms with van der Waals surface area (Å²) in [5.74, 6) is -0.738. The summed E-state index contributed by atoms with van der Waals surface area (Å²) in [6, 6.07) is 8.21. The highest BCUT2D eigenvalue weighted by molar-refractivity contribution is 5.89. The summed E-state index contributed by atoms with van der Waals surface area (Å²) in [4.78, 5) is 30.8. The molecule has 0 heterocycles. The smallest absolute Gasteiger partial charge is 0.432 e. The Morgan fingerprint density at radius 2 is 1.82 bits per heavy atom. The molecule has 1 aromatic rings. The van der Waals surface area contributed by atoms with Crippen molar-refractivity contribution in [3.8, 4) is 0 Å². The summed E-state index contributed by atoms with van der Waals surface area (Å²) in [6.45, 7) is 2.21. The van der Waals surface area contributed by atoms with Gasteiger partial charge >= 0.3 is 12.1 Å². The van der Waals surface area contributed by atoms with Crippen LogP contribution in [0.5, 0.6) is 0 Å². The minimum Gasteiger partial charge on any atom is -0.432 e. The lowest BCUT2D eigenvalue weighted by atomic mass is 10.2. The molecule has 0 aromatic heterocycles. The van der Waals surface area contributed by atoms with Crippen molar-refractivity contribution in [1.82, 2.24) is 0 Å². The monoisotopic (exact) mass is 238 g/mol. The van der Waals surface area contributed by atoms with E-state index < -0.39 is 12.1 Å². The molecule has 0 bridgehead atoms. The molecule has 0 aliphatic rings. The minimum atomic E-state index is -1.01. The highest BCUT2D eigenvalue weighted by Crippen LogP contribution is 2.02. The molecule has 0 spiro atoms. The van der Waals surface area contributed by atoms with E-state index >= 15 is 0 Å². The van der Waals surface area contributed by atoms with Crippen LogP contribution in [0.15, 0.2) is 30.3 Å². The molecule has 17 heavy (non-hydrogen) atoms. The highest BCUT2D eigenvalue weighted by Gasteiger charge is 2.12. The quantitative estimate of drug-likeness (QED) is 0.349. The number of carbonyl (C=O) groups is 2. The largest absolute Gasteiger partial charge is 0.549 e. The van der Waals surface area contributed by atoms with Gasteiger partial charge in [0.15, 0.2) is 0 Å². The number of hydrogen-bond donors (Lipinski definition) is 0. The molecule has 0 atom stereocenters. The van der Waals surface area contributed by atoms with Gasteiger partial charge in [0.2, 0.25) is 0 Å². The molecule has 1 aromatic carbocycles. The van der Waals surface area contributed by atoms with E-state index in [9.17, 15) is 9.59 Å². The summed E-state index contributed by atoms with van der Waals surface area (Å²) in [6.07, 6.45) is 0.626. The second kappa shape index (κ2) is 7.27. The fourth-order valence-electron chi connectivity index (χ4n) is 1.02. The number of rotatable bonds is 4. The molecule has 5 heteroatoms. The summed E-state index contributed by atoms with van der Waals surface area (Å²) in [7, 11) is 0. The number of ether oxygens (including phenoxy) is 1. The molecular formula is C12H14O5. The van der Waals surface area contributed by atoms with E-state index in [1.807, 2.05) is 6.92 Å². The van der Waals surface area contributed by atoms with Crippen molar-refractivity contribution in [2.75, 3.05) is 6.61 Å². The molecule has 92 valence electrons. The minimum absolute atomic E-state index is 0.248. The molecule has 1 rings (SSSR count). The molecule has 0 N–H and O–H groups in total. The van der Waals surface area contributed by atoms with Gasteiger partial charge in [-0.05, 0) is 18.6 Å². The van der Waals surface area contributed by atoms with Crippen LogP contribution in [0.1, 0.15) is 30.1 Å². The Kier molecular flexibility index (Phi) is 5.57. The Hall–Kier alpha value is -2.04. The van der Waals surface area contributed by atoms with Crippen LogP contribution in [0.3, 0.4) is 0 Å². The predicted octanol–water partition coefficient (Wildman–Crippen LogP) is 2.71. The average Bonchev–Trinajstić information content (AvgIpc) is 2.37. The number of unbranched alkanes of at least 4 members (excludes halogenated alkanes) is 1. The van der Waals surface area contributed by atoms with Crippen molar-refractivity contribution in [3.05, 3.63) is 35.9 Å². The van der Waals surface area contributed by atoms with E-state index in [1.54, 1.807) is 30.3 Å². The Morgan fingerprint density at radius 3 is 2.47 bits per heavy atom. The summed E-state index contributed by atoms with van der Waals surface area (Å²) < 4.78 is 4.63. The number of carbonyl (C=O) groups excluding carboxylic acids is 2. The van der Waals surface area contributed by atoms with Crippen LogP contribution in [0.25, 0.3) is 0 Å². The second-order valence-electron chi connectivity index (χ2n) is 3.27. The molecular weight excluding hydrogens is 224 g/mol. The maximum atomic E-state index is 11.3. The van der Waals surface area contributed by atoms with Gasteiger partial charge in [-0.1, -0.05) is 31.5 Å². The zero-order valence-electron chi connectivity index (χ0n) is 9.55. The van der Waals surface area contributed by atoms with Crippen LogP contribution >= 0.6 is 0 Å². The topological polar surface area (TPSA) is 61.8 Å². The molecule has 0 aliphatic carbocycles. The fourth-order valence-corrected chi connectivity index (χ4v) is 1.02. The third-order valence-electron chi connectivity index (χ3n) is 1.91. The lowest BCUT2D eigenvalue weighted by molar-refractivity contribution is -0.203. The van der Waals surface area contributed by atoms with Crippen molar-refractivity contribution in [2.45, 2.75) is 19.8 Å². The van der Waals surface area contributed by atoms with Crippen LogP contribution in [0.2, 0.25) is 0 Å². The van der Waals surface area contributed by atoms with Crippen molar-refractivity contribution in [3.63, 3.8) is 0 Å². The van der Waals surface area contributed by atoms with Gasteiger partial charge in [0.25, 0.3) is 0 Å². The highest BCUT2D eigenvalue weighted by atomic mass is 17.2. The van der Waals surface area contributed by atoms with Crippen molar-refractivity contribution >= 4 is 12.1 Å². The first-order chi connectivity index (χ1) is 8.24. The van der Waals surface area contributed by atoms with E-state index in [1.165, 1.54) is 0 Å². The van der Waals surface area contributed by atoms with Gasteiger partial charge < -0.3 is 4.74 Å². The Bertz CT molecular complexity index is 360. The lowest BCUT2D eigenvalue weighted by Crippen LogP contribution is -2.13. The van der Waals surface area contributed by atoms with Gasteiger partial charge in [-0.3, -0.25) is 0 Å². The van der Waals surface area contributed by atoms with E-state index in [4.69, 9.17) is 0 Å². The molecule has 0 aliphatic heterocycles. The van der Waals surface area contributed by atoms with Gasteiger partial charge in [0.05, 0.1) is 12.2 Å². The molecule has 0 unspecified atom stereocenters. The first kappa shape index (κ1) is 13.0. The Balaban J connectivity index is 2.26. The maximum Gasteiger partial charge on any atom is 0.549 e. The van der Waals surface area contributed by atoms with Crippen molar-refractivity contribution in [1.29, 1.82) is 0 Å². The van der Waals surface area contributed by atoms with Crippen LogP contribution in [-0.2, 0) is 14.5 Å². The molecule has 5 nitrogen and oxygen atoms in total. The third-order valence-corrected chi connectivity index (χ3v) is 1.91. The molecule has 0 amide bonds. The number of hydrogen-bond acceptors (Lipinski definition) is 5. The molecule has 0 radical (unpaired) electrons. The predicted molar refractivity (Wildman–Crippen MR) is 59.2 cm³/mol. The van der Waals surface area contributed by atoms with Gasteiger partial charge in [-0.15, -0.1) is 0 Å². The maximum absolute atomic E-state index is 11.3. The van der Waals surface area contributed by atoms with Crippen LogP contribution < -0.4 is 0 Å². The lowest BCUT2D eigenvalue weighted by Gasteiger charge is -2.03. The van der Waals surface area contributed by atoms with Crippen molar-refractivity contribution in [2.24, 2.45) is 0 Å². The van der Waals surface area contributed by atoms with E-state index in [0.29, 0.717) is 5.56 Å². The van der Waals surface area contributed by atoms with E-state index in [0.717, 1.165) is 12.8 Å². The second-order valence-corrected chi connectivity index (χ2v) is 3.27. The van der Waals surface area contributed by atoms with Crippen LogP contribution in [-0.4, -0.2) is 18.7 Å². The zero-order chi connectivity index (χ0) is 12.5. The van der Waals surface area contributed by atoms with Crippen LogP contribution in [0.4, 0.5) is 4.79 Å². The van der Waals surface area contributed by atoms with Gasteiger partial charge in [0, 0.05) is 0 Å². The summed E-state index contributed by atoms with van der Waals surface area (Å²) in [5, 5.41) is 0. The van der Waals surface area contributed by atoms with E-state index in [2.05, 4.69) is 14.5 Å². The fraction of sp³-hybridized carbons (Fsp3) is 0.333. The Morgan fingerprint density at radius 1 is 1.12 bits per heavy atom. The van der Waals surface area contributed by atoms with Crippen molar-refractivity contribution < 1.29 is 24.1 Å².